The second-order valence-corrected chi connectivity index (χ2v) is 5.95. The number of ether oxygens (including phenoxy) is 1. The zero-order valence-corrected chi connectivity index (χ0v) is 15.1. The number of amides is 1. The van der Waals surface area contributed by atoms with Gasteiger partial charge in [-0.05, 0) is 25.1 Å². The van der Waals surface area contributed by atoms with Crippen molar-refractivity contribution < 1.29 is 9.53 Å². The van der Waals surface area contributed by atoms with E-state index in [0.29, 0.717) is 30.6 Å². The molecule has 0 atom stereocenters. The lowest BCUT2D eigenvalue weighted by atomic mass is 10.2. The summed E-state index contributed by atoms with van der Waals surface area (Å²) >= 11 is 0. The molecule has 1 aromatic heterocycles. The number of carbonyl (C=O) groups is 1. The van der Waals surface area contributed by atoms with Crippen LogP contribution in [0.4, 0.5) is 0 Å². The molecule has 6 heteroatoms. The second kappa shape index (κ2) is 8.31. The number of nitrogens with one attached hydrogen (secondary N) is 1. The molecule has 27 heavy (non-hydrogen) atoms. The number of fused-ring (bicyclic) bond motifs is 1. The average Bonchev–Trinajstić information content (AvgIpc) is 2.68. The van der Waals surface area contributed by atoms with E-state index in [0.717, 1.165) is 11.3 Å². The van der Waals surface area contributed by atoms with Crippen LogP contribution in [0, 0.1) is 0 Å². The van der Waals surface area contributed by atoms with Crippen LogP contribution in [0.15, 0.2) is 66.0 Å². The average molecular weight is 363 g/mol. The molecule has 3 rings (SSSR count). The summed E-state index contributed by atoms with van der Waals surface area (Å²) in [5.74, 6) is 0.361. The van der Waals surface area contributed by atoms with Gasteiger partial charge in [-0.15, -0.1) is 6.58 Å². The van der Waals surface area contributed by atoms with Crippen molar-refractivity contribution in [1.29, 1.82) is 0 Å². The quantitative estimate of drug-likeness (QED) is 0.654. The van der Waals surface area contributed by atoms with Crippen LogP contribution in [0.1, 0.15) is 23.1 Å². The maximum absolute atomic E-state index is 13.0. The predicted octanol–water partition coefficient (Wildman–Crippen LogP) is 3.15. The first kappa shape index (κ1) is 18.4. The molecular weight excluding hydrogens is 342 g/mol. The highest BCUT2D eigenvalue weighted by Gasteiger charge is 2.20. The monoisotopic (exact) mass is 363 g/mol. The Morgan fingerprint density at radius 3 is 2.74 bits per heavy atom. The molecule has 0 fully saturated rings. The normalized spacial score (nSPS) is 10.6. The van der Waals surface area contributed by atoms with Crippen molar-refractivity contribution in [3.63, 3.8) is 0 Å². The third-order valence-electron chi connectivity index (χ3n) is 4.09. The molecular formula is C21H21N3O3. The molecule has 1 N–H and O–H groups in total. The van der Waals surface area contributed by atoms with E-state index in [1.165, 1.54) is 0 Å². The molecule has 0 aliphatic rings. The zero-order valence-electron chi connectivity index (χ0n) is 15.1. The number of hydrogen-bond acceptors (Lipinski definition) is 4. The molecule has 1 amide bonds. The van der Waals surface area contributed by atoms with Gasteiger partial charge in [0.25, 0.3) is 11.5 Å². The Balaban J connectivity index is 1.94. The van der Waals surface area contributed by atoms with Gasteiger partial charge in [-0.3, -0.25) is 9.59 Å². The van der Waals surface area contributed by atoms with Crippen molar-refractivity contribution in [3.8, 4) is 5.75 Å². The second-order valence-electron chi connectivity index (χ2n) is 5.95. The molecule has 0 saturated heterocycles. The summed E-state index contributed by atoms with van der Waals surface area (Å²) in [7, 11) is 0. The van der Waals surface area contributed by atoms with Gasteiger partial charge in [0.15, 0.2) is 5.82 Å². The molecule has 0 aliphatic heterocycles. The van der Waals surface area contributed by atoms with Gasteiger partial charge in [-0.2, -0.15) is 0 Å². The topological polar surface area (TPSA) is 75.3 Å². The third kappa shape index (κ3) is 4.06. The van der Waals surface area contributed by atoms with E-state index in [4.69, 9.17) is 4.74 Å². The molecule has 0 unspecified atom stereocenters. The smallest absolute Gasteiger partial charge is 0.290 e. The van der Waals surface area contributed by atoms with Crippen molar-refractivity contribution in [2.75, 3.05) is 13.2 Å². The molecule has 0 saturated carbocycles. The largest absolute Gasteiger partial charge is 0.494 e. The van der Waals surface area contributed by atoms with Crippen molar-refractivity contribution >= 4 is 16.8 Å². The Morgan fingerprint density at radius 2 is 1.96 bits per heavy atom. The molecule has 2 aromatic carbocycles. The Kier molecular flexibility index (Phi) is 5.66. The van der Waals surface area contributed by atoms with E-state index in [1.807, 2.05) is 31.2 Å². The highest BCUT2D eigenvalue weighted by atomic mass is 16.5. The van der Waals surface area contributed by atoms with Crippen molar-refractivity contribution in [2.45, 2.75) is 13.5 Å². The molecule has 0 bridgehead atoms. The molecule has 138 valence electrons. The van der Waals surface area contributed by atoms with Gasteiger partial charge in [0.1, 0.15) is 5.75 Å². The van der Waals surface area contributed by atoms with Crippen LogP contribution in [0.2, 0.25) is 0 Å². The fourth-order valence-corrected chi connectivity index (χ4v) is 2.85. The summed E-state index contributed by atoms with van der Waals surface area (Å²) in [6.45, 7) is 6.80. The number of carbonyl (C=O) groups excluding carboxylic acids is 1. The molecule has 0 spiro atoms. The number of aromatic amines is 1. The summed E-state index contributed by atoms with van der Waals surface area (Å²) in [6, 6.07) is 14.5. The molecule has 0 radical (unpaired) electrons. The van der Waals surface area contributed by atoms with Gasteiger partial charge in [0.05, 0.1) is 24.1 Å². The van der Waals surface area contributed by atoms with E-state index in [2.05, 4.69) is 16.5 Å². The van der Waals surface area contributed by atoms with Gasteiger partial charge in [0, 0.05) is 12.1 Å². The van der Waals surface area contributed by atoms with E-state index < -0.39 is 0 Å². The Bertz CT molecular complexity index is 1030. The lowest BCUT2D eigenvalue weighted by Crippen LogP contribution is -2.33. The van der Waals surface area contributed by atoms with Gasteiger partial charge in [0.2, 0.25) is 0 Å². The van der Waals surface area contributed by atoms with Crippen LogP contribution in [0.25, 0.3) is 10.9 Å². The minimum atomic E-state index is -0.371. The summed E-state index contributed by atoms with van der Waals surface area (Å²) in [5.41, 5.74) is 1.02. The standard InChI is InChI=1S/C21H21N3O3/c1-3-13-24(14-15-9-5-8-12-18(15)27-4-2)21(26)19-22-17-11-7-6-10-16(17)20(25)23-19/h3,5-12H,1,4,13-14H2,2H3,(H,22,23,25). The maximum atomic E-state index is 13.0. The maximum Gasteiger partial charge on any atom is 0.290 e. The van der Waals surface area contributed by atoms with Crippen LogP contribution < -0.4 is 10.3 Å². The van der Waals surface area contributed by atoms with Gasteiger partial charge >= 0.3 is 0 Å². The Hall–Kier alpha value is -3.41. The summed E-state index contributed by atoms with van der Waals surface area (Å²) in [4.78, 5) is 33.8. The SMILES string of the molecule is C=CCN(Cc1ccccc1OCC)C(=O)c1nc2ccccc2c(=O)[nH]1. The molecule has 0 aliphatic carbocycles. The number of rotatable bonds is 7. The van der Waals surface area contributed by atoms with Crippen molar-refractivity contribution in [2.24, 2.45) is 0 Å². The first-order valence-electron chi connectivity index (χ1n) is 8.74. The fraction of sp³-hybridized carbons (Fsp3) is 0.190. The molecule has 1 heterocycles. The summed E-state index contributed by atoms with van der Waals surface area (Å²) < 4.78 is 5.64. The Labute approximate surface area is 157 Å². The van der Waals surface area contributed by atoms with Crippen LogP contribution in [-0.2, 0) is 6.54 Å². The van der Waals surface area contributed by atoms with Gasteiger partial charge < -0.3 is 14.6 Å². The summed E-state index contributed by atoms with van der Waals surface area (Å²) in [5, 5.41) is 0.450. The van der Waals surface area contributed by atoms with Gasteiger partial charge in [-0.25, -0.2) is 4.98 Å². The number of aromatic nitrogens is 2. The van der Waals surface area contributed by atoms with Crippen LogP contribution in [-0.4, -0.2) is 33.9 Å². The third-order valence-corrected chi connectivity index (χ3v) is 4.09. The number of H-pyrrole nitrogens is 1. The summed E-state index contributed by atoms with van der Waals surface area (Å²) in [6.07, 6.45) is 1.64. The number of nitrogens with zero attached hydrogens (tertiary/aromatic N) is 2. The van der Waals surface area contributed by atoms with Crippen molar-refractivity contribution in [3.05, 3.63) is 82.9 Å². The Morgan fingerprint density at radius 1 is 1.22 bits per heavy atom. The number of benzene rings is 2. The fourth-order valence-electron chi connectivity index (χ4n) is 2.85. The van der Waals surface area contributed by atoms with E-state index in [-0.39, 0.29) is 17.3 Å². The first-order valence-corrected chi connectivity index (χ1v) is 8.74. The minimum Gasteiger partial charge on any atom is -0.494 e. The van der Waals surface area contributed by atoms with Crippen LogP contribution in [0.3, 0.4) is 0 Å². The number of para-hydroxylation sites is 2. The van der Waals surface area contributed by atoms with Crippen molar-refractivity contribution in [1.82, 2.24) is 14.9 Å². The predicted molar refractivity (Wildman–Crippen MR) is 105 cm³/mol. The van der Waals surface area contributed by atoms with Gasteiger partial charge in [-0.1, -0.05) is 36.4 Å². The highest BCUT2D eigenvalue weighted by molar-refractivity contribution is 5.92. The van der Waals surface area contributed by atoms with E-state index in [9.17, 15) is 9.59 Å². The zero-order chi connectivity index (χ0) is 19.2. The van der Waals surface area contributed by atoms with E-state index in [1.54, 1.807) is 35.2 Å². The van der Waals surface area contributed by atoms with Crippen LogP contribution >= 0.6 is 0 Å². The lowest BCUT2D eigenvalue weighted by molar-refractivity contribution is 0.0749. The highest BCUT2D eigenvalue weighted by Crippen LogP contribution is 2.20. The molecule has 3 aromatic rings. The minimum absolute atomic E-state index is 0.00874. The van der Waals surface area contributed by atoms with E-state index >= 15 is 0 Å². The molecule has 6 nitrogen and oxygen atoms in total. The van der Waals surface area contributed by atoms with Crippen LogP contribution in [0.5, 0.6) is 5.75 Å². The first-order chi connectivity index (χ1) is 13.1. The lowest BCUT2D eigenvalue weighted by Gasteiger charge is -2.22. The number of hydrogen-bond donors (Lipinski definition) is 1.